The van der Waals surface area contributed by atoms with E-state index >= 15 is 0 Å². The molecule has 0 spiro atoms. The van der Waals surface area contributed by atoms with Gasteiger partial charge >= 0.3 is 0 Å². The van der Waals surface area contributed by atoms with Gasteiger partial charge in [-0.1, -0.05) is 24.3 Å². The van der Waals surface area contributed by atoms with Crippen LogP contribution in [0.5, 0.6) is 0 Å². The summed E-state index contributed by atoms with van der Waals surface area (Å²) >= 11 is 0. The predicted molar refractivity (Wildman–Crippen MR) is 101 cm³/mol. The van der Waals surface area contributed by atoms with E-state index in [1.807, 2.05) is 42.7 Å². The van der Waals surface area contributed by atoms with Gasteiger partial charge in [-0.2, -0.15) is 0 Å². The molecular weight excluding hydrogens is 342 g/mol. The number of aromatic nitrogens is 6. The molecule has 0 saturated heterocycles. The van der Waals surface area contributed by atoms with Gasteiger partial charge in [-0.25, -0.2) is 9.67 Å². The number of carbonyl (C=O) groups is 1. The van der Waals surface area contributed by atoms with Gasteiger partial charge in [-0.3, -0.25) is 4.79 Å². The Kier molecular flexibility index (Phi) is 4.61. The number of benzene rings is 2. The summed E-state index contributed by atoms with van der Waals surface area (Å²) in [6.07, 6.45) is 2.66. The highest BCUT2D eigenvalue weighted by molar-refractivity contribution is 5.95. The number of hydrogen-bond donors (Lipinski definition) is 1. The normalized spacial score (nSPS) is 11.0. The fourth-order valence-electron chi connectivity index (χ4n) is 3.02. The summed E-state index contributed by atoms with van der Waals surface area (Å²) in [5.74, 6) is 0.513. The molecule has 0 unspecified atom stereocenters. The molecule has 2 aromatic carbocycles. The first-order valence-electron chi connectivity index (χ1n) is 8.73. The molecule has 0 saturated carbocycles. The van der Waals surface area contributed by atoms with Crippen LogP contribution in [-0.2, 0) is 13.6 Å². The standard InChI is InChI=1S/C19H19N7O/c1-25-18(22-23-24-25)14-6-4-7-15(12-14)19(27)20-10-5-11-26-13-21-16-8-2-3-9-17(16)26/h2-4,6-9,12-13H,5,10-11H2,1H3,(H,20,27). The van der Waals surface area contributed by atoms with Crippen LogP contribution in [0.3, 0.4) is 0 Å². The lowest BCUT2D eigenvalue weighted by Crippen LogP contribution is -2.25. The van der Waals surface area contributed by atoms with Crippen molar-refractivity contribution in [2.75, 3.05) is 6.54 Å². The van der Waals surface area contributed by atoms with E-state index in [1.165, 1.54) is 0 Å². The fourth-order valence-corrected chi connectivity index (χ4v) is 3.02. The number of tetrazole rings is 1. The summed E-state index contributed by atoms with van der Waals surface area (Å²) in [7, 11) is 1.77. The van der Waals surface area contributed by atoms with Gasteiger partial charge in [0.25, 0.3) is 5.91 Å². The second-order valence-corrected chi connectivity index (χ2v) is 6.24. The third-order valence-electron chi connectivity index (χ3n) is 4.39. The van der Waals surface area contributed by atoms with Gasteiger partial charge in [0.05, 0.1) is 17.4 Å². The number of imidazole rings is 1. The maximum Gasteiger partial charge on any atom is 0.251 e. The lowest BCUT2D eigenvalue weighted by atomic mass is 10.1. The summed E-state index contributed by atoms with van der Waals surface area (Å²) < 4.78 is 3.68. The molecule has 0 radical (unpaired) electrons. The Morgan fingerprint density at radius 3 is 2.89 bits per heavy atom. The molecule has 0 aliphatic heterocycles. The van der Waals surface area contributed by atoms with Crippen LogP contribution in [0.1, 0.15) is 16.8 Å². The zero-order valence-electron chi connectivity index (χ0n) is 14.9. The molecule has 1 amide bonds. The van der Waals surface area contributed by atoms with Gasteiger partial charge in [0.2, 0.25) is 0 Å². The largest absolute Gasteiger partial charge is 0.352 e. The van der Waals surface area contributed by atoms with Crippen LogP contribution in [0, 0.1) is 0 Å². The smallest absolute Gasteiger partial charge is 0.251 e. The van der Waals surface area contributed by atoms with Crippen LogP contribution in [0.25, 0.3) is 22.4 Å². The first-order chi connectivity index (χ1) is 13.2. The van der Waals surface area contributed by atoms with E-state index in [1.54, 1.807) is 23.9 Å². The molecule has 0 atom stereocenters. The first-order valence-corrected chi connectivity index (χ1v) is 8.73. The van der Waals surface area contributed by atoms with Gasteiger partial charge < -0.3 is 9.88 Å². The summed E-state index contributed by atoms with van der Waals surface area (Å²) in [6, 6.07) is 15.3. The molecule has 1 N–H and O–H groups in total. The van der Waals surface area contributed by atoms with Gasteiger partial charge in [-0.05, 0) is 41.1 Å². The number of para-hydroxylation sites is 2. The number of amides is 1. The third kappa shape index (κ3) is 3.55. The molecule has 136 valence electrons. The van der Waals surface area contributed by atoms with E-state index in [4.69, 9.17) is 0 Å². The Morgan fingerprint density at radius 1 is 1.15 bits per heavy atom. The minimum Gasteiger partial charge on any atom is -0.352 e. The van der Waals surface area contributed by atoms with Crippen molar-refractivity contribution in [2.45, 2.75) is 13.0 Å². The van der Waals surface area contributed by atoms with E-state index in [0.717, 1.165) is 29.6 Å². The highest BCUT2D eigenvalue weighted by atomic mass is 16.1. The molecule has 0 bridgehead atoms. The van der Waals surface area contributed by atoms with Crippen LogP contribution >= 0.6 is 0 Å². The maximum absolute atomic E-state index is 12.4. The van der Waals surface area contributed by atoms with Crippen molar-refractivity contribution in [3.05, 3.63) is 60.4 Å². The van der Waals surface area contributed by atoms with Gasteiger partial charge in [-0.15, -0.1) is 5.10 Å². The Balaban J connectivity index is 1.35. The molecule has 0 fully saturated rings. The number of carbonyl (C=O) groups excluding carboxylic acids is 1. The Morgan fingerprint density at radius 2 is 2.04 bits per heavy atom. The average molecular weight is 361 g/mol. The zero-order valence-corrected chi connectivity index (χ0v) is 14.9. The number of nitrogens with zero attached hydrogens (tertiary/aromatic N) is 6. The molecule has 0 aliphatic rings. The number of fused-ring (bicyclic) bond motifs is 1. The lowest BCUT2D eigenvalue weighted by molar-refractivity contribution is 0.0953. The van der Waals surface area contributed by atoms with Crippen molar-refractivity contribution in [2.24, 2.45) is 7.05 Å². The Bertz CT molecular complexity index is 1080. The SMILES string of the molecule is Cn1nnnc1-c1cccc(C(=O)NCCCn2cnc3ccccc32)c1. The van der Waals surface area contributed by atoms with E-state index < -0.39 is 0 Å². The second kappa shape index (κ2) is 7.36. The van der Waals surface area contributed by atoms with E-state index in [0.29, 0.717) is 17.9 Å². The lowest BCUT2D eigenvalue weighted by Gasteiger charge is -2.08. The summed E-state index contributed by atoms with van der Waals surface area (Å²) in [6.45, 7) is 1.38. The minimum atomic E-state index is -0.109. The summed E-state index contributed by atoms with van der Waals surface area (Å²) in [4.78, 5) is 16.8. The highest BCUT2D eigenvalue weighted by Crippen LogP contribution is 2.16. The van der Waals surface area contributed by atoms with Crippen LogP contribution in [0.4, 0.5) is 0 Å². The number of hydrogen-bond acceptors (Lipinski definition) is 5. The summed E-state index contributed by atoms with van der Waals surface area (Å²) in [5.41, 5.74) is 3.48. The second-order valence-electron chi connectivity index (χ2n) is 6.24. The van der Waals surface area contributed by atoms with Crippen LogP contribution in [-0.4, -0.2) is 42.2 Å². The van der Waals surface area contributed by atoms with Gasteiger partial charge in [0.15, 0.2) is 5.82 Å². The maximum atomic E-state index is 12.4. The van der Waals surface area contributed by atoms with Gasteiger partial charge in [0, 0.05) is 31.3 Å². The van der Waals surface area contributed by atoms with Crippen LogP contribution in [0.2, 0.25) is 0 Å². The average Bonchev–Trinajstić information content (AvgIpc) is 3.31. The van der Waals surface area contributed by atoms with Crippen LogP contribution in [0.15, 0.2) is 54.9 Å². The van der Waals surface area contributed by atoms with Crippen molar-refractivity contribution in [3.63, 3.8) is 0 Å². The van der Waals surface area contributed by atoms with Crippen molar-refractivity contribution >= 4 is 16.9 Å². The molecule has 2 aromatic heterocycles. The number of nitrogens with one attached hydrogen (secondary N) is 1. The van der Waals surface area contributed by atoms with Crippen molar-refractivity contribution in [3.8, 4) is 11.4 Å². The first kappa shape index (κ1) is 16.9. The molecule has 0 aliphatic carbocycles. The Hall–Kier alpha value is -3.55. The van der Waals surface area contributed by atoms with Gasteiger partial charge in [0.1, 0.15) is 0 Å². The predicted octanol–water partition coefficient (Wildman–Crippen LogP) is 2.05. The topological polar surface area (TPSA) is 90.5 Å². The van der Waals surface area contributed by atoms with E-state index in [9.17, 15) is 4.79 Å². The number of rotatable bonds is 6. The molecule has 27 heavy (non-hydrogen) atoms. The molecule has 4 rings (SSSR count). The monoisotopic (exact) mass is 361 g/mol. The van der Waals surface area contributed by atoms with Crippen molar-refractivity contribution < 1.29 is 4.79 Å². The highest BCUT2D eigenvalue weighted by Gasteiger charge is 2.10. The van der Waals surface area contributed by atoms with Crippen molar-refractivity contribution in [1.29, 1.82) is 0 Å². The Labute approximate surface area is 155 Å². The summed E-state index contributed by atoms with van der Waals surface area (Å²) in [5, 5.41) is 14.4. The third-order valence-corrected chi connectivity index (χ3v) is 4.39. The van der Waals surface area contributed by atoms with Crippen LogP contribution < -0.4 is 5.32 Å². The quantitative estimate of drug-likeness (QED) is 0.531. The molecule has 4 aromatic rings. The molecule has 8 heteroatoms. The number of aryl methyl sites for hydroxylation is 2. The molecule has 8 nitrogen and oxygen atoms in total. The van der Waals surface area contributed by atoms with Crippen molar-refractivity contribution in [1.82, 2.24) is 35.1 Å². The minimum absolute atomic E-state index is 0.109. The van der Waals surface area contributed by atoms with E-state index in [-0.39, 0.29) is 5.91 Å². The van der Waals surface area contributed by atoms with E-state index in [2.05, 4.69) is 30.4 Å². The molecular formula is C19H19N7O. The molecule has 2 heterocycles. The zero-order chi connectivity index (χ0) is 18.6. The fraction of sp³-hybridized carbons (Fsp3) is 0.211.